The number of ether oxygens (including phenoxy) is 1. The average molecular weight is 262 g/mol. The van der Waals surface area contributed by atoms with Crippen molar-refractivity contribution in [2.45, 2.75) is 44.6 Å². The molecule has 2 unspecified atom stereocenters. The molecule has 19 heavy (non-hydrogen) atoms. The Morgan fingerprint density at radius 2 is 2.16 bits per heavy atom. The molecule has 0 saturated carbocycles. The fraction of sp³-hybridized carbons (Fsp3) is 0.562. The summed E-state index contributed by atoms with van der Waals surface area (Å²) in [5.74, 6) is -0.807. The Morgan fingerprint density at radius 3 is 2.84 bits per heavy atom. The molecule has 0 bridgehead atoms. The van der Waals surface area contributed by atoms with Gasteiger partial charge in [0.1, 0.15) is 5.60 Å². The second-order valence-corrected chi connectivity index (χ2v) is 5.27. The number of hydrogen-bond acceptors (Lipinski definition) is 3. The summed E-state index contributed by atoms with van der Waals surface area (Å²) in [4.78, 5) is 12.0. The molecule has 104 valence electrons. The lowest BCUT2D eigenvalue weighted by Gasteiger charge is -2.34. The van der Waals surface area contributed by atoms with E-state index in [1.54, 1.807) is 0 Å². The van der Waals surface area contributed by atoms with Gasteiger partial charge < -0.3 is 9.84 Å². The molecule has 0 amide bonds. The van der Waals surface area contributed by atoms with Crippen molar-refractivity contribution in [3.05, 3.63) is 35.4 Å². The number of carbonyl (C=O) groups excluding carboxylic acids is 1. The molecular weight excluding hydrogens is 240 g/mol. The van der Waals surface area contributed by atoms with Crippen LogP contribution >= 0.6 is 0 Å². The summed E-state index contributed by atoms with van der Waals surface area (Å²) in [5.41, 5.74) is 0.976. The number of aryl methyl sites for hydroxylation is 1. The maximum absolute atomic E-state index is 12.0. The van der Waals surface area contributed by atoms with Crippen LogP contribution in [0.5, 0.6) is 0 Å². The van der Waals surface area contributed by atoms with Crippen LogP contribution in [0.15, 0.2) is 24.3 Å². The van der Waals surface area contributed by atoms with Gasteiger partial charge in [-0.25, -0.2) is 0 Å². The van der Waals surface area contributed by atoms with Crippen LogP contribution in [0.1, 0.15) is 43.7 Å². The first kappa shape index (κ1) is 14.1. The molecular formula is C16H22O3. The van der Waals surface area contributed by atoms with Crippen molar-refractivity contribution in [1.82, 2.24) is 0 Å². The van der Waals surface area contributed by atoms with Gasteiger partial charge in [0.15, 0.2) is 0 Å². The minimum Gasteiger partial charge on any atom is -0.469 e. The second kappa shape index (κ2) is 5.74. The molecule has 1 aliphatic carbocycles. The molecule has 3 nitrogen and oxygen atoms in total. The lowest BCUT2D eigenvalue weighted by atomic mass is 9.76. The van der Waals surface area contributed by atoms with Crippen LogP contribution in [0.3, 0.4) is 0 Å². The van der Waals surface area contributed by atoms with Gasteiger partial charge in [-0.15, -0.1) is 0 Å². The molecule has 0 heterocycles. The standard InChI is InChI=1S/C16H22O3/c1-3-13(15(17)19-2)16(18)11-7-6-9-12-8-4-5-10-14(12)16/h4-5,8,10,13,18H,3,6-7,9,11H2,1-2H3. The van der Waals surface area contributed by atoms with E-state index in [0.29, 0.717) is 12.8 Å². The highest BCUT2D eigenvalue weighted by Crippen LogP contribution is 2.41. The third-order valence-corrected chi connectivity index (χ3v) is 4.21. The fourth-order valence-electron chi connectivity index (χ4n) is 3.21. The Kier molecular flexibility index (Phi) is 4.25. The lowest BCUT2D eigenvalue weighted by molar-refractivity contribution is -0.158. The third-order valence-electron chi connectivity index (χ3n) is 4.21. The van der Waals surface area contributed by atoms with Crippen molar-refractivity contribution in [3.63, 3.8) is 0 Å². The molecule has 0 radical (unpaired) electrons. The normalized spacial score (nSPS) is 24.2. The van der Waals surface area contributed by atoms with Gasteiger partial charge >= 0.3 is 5.97 Å². The molecule has 0 aromatic heterocycles. The van der Waals surface area contributed by atoms with Crippen LogP contribution in [0.25, 0.3) is 0 Å². The van der Waals surface area contributed by atoms with E-state index < -0.39 is 11.5 Å². The molecule has 1 aliphatic rings. The predicted octanol–water partition coefficient (Wildman–Crippen LogP) is 2.80. The number of hydrogen-bond donors (Lipinski definition) is 1. The van der Waals surface area contributed by atoms with E-state index in [0.717, 1.165) is 30.4 Å². The highest BCUT2D eigenvalue weighted by Gasteiger charge is 2.43. The number of rotatable bonds is 3. The summed E-state index contributed by atoms with van der Waals surface area (Å²) in [6.45, 7) is 1.92. The third kappa shape index (κ3) is 2.52. The second-order valence-electron chi connectivity index (χ2n) is 5.27. The number of carbonyl (C=O) groups is 1. The van der Waals surface area contributed by atoms with Crippen molar-refractivity contribution in [1.29, 1.82) is 0 Å². The van der Waals surface area contributed by atoms with E-state index >= 15 is 0 Å². The van der Waals surface area contributed by atoms with Crippen LogP contribution in [-0.2, 0) is 21.6 Å². The van der Waals surface area contributed by atoms with E-state index in [1.807, 2.05) is 25.1 Å². The Bertz CT molecular complexity index is 455. The highest BCUT2D eigenvalue weighted by atomic mass is 16.5. The smallest absolute Gasteiger partial charge is 0.311 e. The molecule has 0 fully saturated rings. The van der Waals surface area contributed by atoms with Crippen molar-refractivity contribution in [3.8, 4) is 0 Å². The first-order chi connectivity index (χ1) is 9.13. The Morgan fingerprint density at radius 1 is 1.42 bits per heavy atom. The minimum atomic E-state index is -1.09. The summed E-state index contributed by atoms with van der Waals surface area (Å²) in [6, 6.07) is 7.92. The maximum atomic E-state index is 12.0. The fourth-order valence-corrected chi connectivity index (χ4v) is 3.21. The zero-order valence-corrected chi connectivity index (χ0v) is 11.7. The Balaban J connectivity index is 2.48. The molecule has 2 atom stereocenters. The number of aliphatic hydroxyl groups is 1. The van der Waals surface area contributed by atoms with Crippen LogP contribution in [0, 0.1) is 5.92 Å². The van der Waals surface area contributed by atoms with Crippen molar-refractivity contribution < 1.29 is 14.6 Å². The van der Waals surface area contributed by atoms with Gasteiger partial charge in [0, 0.05) is 0 Å². The van der Waals surface area contributed by atoms with Gasteiger partial charge in [-0.2, -0.15) is 0 Å². The molecule has 2 rings (SSSR count). The molecule has 0 spiro atoms. The van der Waals surface area contributed by atoms with Crippen molar-refractivity contribution in [2.75, 3.05) is 7.11 Å². The highest BCUT2D eigenvalue weighted by molar-refractivity contribution is 5.74. The molecule has 1 N–H and O–H groups in total. The molecule has 1 aromatic carbocycles. The zero-order chi connectivity index (χ0) is 13.9. The Labute approximate surface area is 114 Å². The molecule has 0 aliphatic heterocycles. The van der Waals surface area contributed by atoms with Crippen LogP contribution in [0.4, 0.5) is 0 Å². The lowest BCUT2D eigenvalue weighted by Crippen LogP contribution is -2.40. The molecule has 3 heteroatoms. The van der Waals surface area contributed by atoms with Crippen LogP contribution in [-0.4, -0.2) is 18.2 Å². The largest absolute Gasteiger partial charge is 0.469 e. The monoisotopic (exact) mass is 262 g/mol. The minimum absolute atomic E-state index is 0.318. The zero-order valence-electron chi connectivity index (χ0n) is 11.7. The van der Waals surface area contributed by atoms with E-state index in [2.05, 4.69) is 6.07 Å². The predicted molar refractivity (Wildman–Crippen MR) is 73.7 cm³/mol. The number of benzene rings is 1. The molecule has 0 saturated heterocycles. The van der Waals surface area contributed by atoms with Gasteiger partial charge in [0.25, 0.3) is 0 Å². The molecule has 1 aromatic rings. The number of esters is 1. The van der Waals surface area contributed by atoms with Crippen molar-refractivity contribution in [2.24, 2.45) is 5.92 Å². The number of fused-ring (bicyclic) bond motifs is 1. The van der Waals surface area contributed by atoms with Gasteiger partial charge in [0.05, 0.1) is 13.0 Å². The summed E-state index contributed by atoms with van der Waals surface area (Å²) in [5, 5.41) is 11.2. The first-order valence-corrected chi connectivity index (χ1v) is 7.02. The maximum Gasteiger partial charge on any atom is 0.311 e. The van der Waals surface area contributed by atoms with Crippen LogP contribution in [0.2, 0.25) is 0 Å². The van der Waals surface area contributed by atoms with E-state index in [4.69, 9.17) is 4.74 Å². The summed E-state index contributed by atoms with van der Waals surface area (Å²) in [7, 11) is 1.39. The quantitative estimate of drug-likeness (QED) is 0.673. The van der Waals surface area contributed by atoms with E-state index in [9.17, 15) is 9.90 Å². The average Bonchev–Trinajstić information content (AvgIpc) is 2.60. The van der Waals surface area contributed by atoms with E-state index in [-0.39, 0.29) is 5.97 Å². The topological polar surface area (TPSA) is 46.5 Å². The first-order valence-electron chi connectivity index (χ1n) is 7.02. The summed E-state index contributed by atoms with van der Waals surface area (Å²) >= 11 is 0. The Hall–Kier alpha value is -1.35. The number of methoxy groups -OCH3 is 1. The van der Waals surface area contributed by atoms with Gasteiger partial charge in [0.2, 0.25) is 0 Å². The van der Waals surface area contributed by atoms with E-state index in [1.165, 1.54) is 7.11 Å². The van der Waals surface area contributed by atoms with Gasteiger partial charge in [-0.05, 0) is 43.2 Å². The summed E-state index contributed by atoms with van der Waals surface area (Å²) < 4.78 is 4.88. The SMILES string of the molecule is CCC(C(=O)OC)C1(O)CCCCc2ccccc21. The van der Waals surface area contributed by atoms with Gasteiger partial charge in [-0.3, -0.25) is 4.79 Å². The van der Waals surface area contributed by atoms with Crippen molar-refractivity contribution >= 4 is 5.97 Å². The van der Waals surface area contributed by atoms with Gasteiger partial charge in [-0.1, -0.05) is 31.2 Å². The van der Waals surface area contributed by atoms with Crippen LogP contribution < -0.4 is 0 Å². The summed E-state index contributed by atoms with van der Waals surface area (Å²) in [6.07, 6.45) is 4.15.